The molecule has 0 unspecified atom stereocenters. The Hall–Kier alpha value is -2.89. The van der Waals surface area contributed by atoms with Gasteiger partial charge in [-0.2, -0.15) is 0 Å². The van der Waals surface area contributed by atoms with Gasteiger partial charge in [-0.3, -0.25) is 10.1 Å². The first kappa shape index (κ1) is 23.3. The lowest BCUT2D eigenvalue weighted by atomic mass is 10.2. The van der Waals surface area contributed by atoms with E-state index in [4.69, 9.17) is 0 Å². The Morgan fingerprint density at radius 3 is 2.61 bits per heavy atom. The number of carbonyl (C=O) groups is 2. The van der Waals surface area contributed by atoms with Gasteiger partial charge in [-0.1, -0.05) is 66.0 Å². The van der Waals surface area contributed by atoms with Gasteiger partial charge in [-0.25, -0.2) is 9.78 Å². The summed E-state index contributed by atoms with van der Waals surface area (Å²) in [5, 5.41) is 14.2. The van der Waals surface area contributed by atoms with Crippen LogP contribution in [0.1, 0.15) is 18.3 Å². The number of aromatic nitrogens is 4. The molecule has 11 heteroatoms. The lowest BCUT2D eigenvalue weighted by Crippen LogP contribution is -2.40. The summed E-state index contributed by atoms with van der Waals surface area (Å²) in [6, 6.07) is 17.6. The van der Waals surface area contributed by atoms with Crippen LogP contribution in [0.2, 0.25) is 0 Å². The molecule has 0 saturated carbocycles. The van der Waals surface area contributed by atoms with Crippen LogP contribution < -0.4 is 10.6 Å². The molecule has 3 amide bonds. The zero-order valence-electron chi connectivity index (χ0n) is 17.9. The number of hydrogen-bond acceptors (Lipinski definition) is 8. The fourth-order valence-electron chi connectivity index (χ4n) is 2.99. The van der Waals surface area contributed by atoms with Crippen molar-refractivity contribution < 1.29 is 9.59 Å². The molecule has 2 heterocycles. The summed E-state index contributed by atoms with van der Waals surface area (Å²) in [4.78, 5) is 28.4. The number of carbonyl (C=O) groups excluding carboxylic acids is 2. The van der Waals surface area contributed by atoms with Crippen LogP contribution in [0.4, 0.5) is 4.79 Å². The summed E-state index contributed by atoms with van der Waals surface area (Å²) in [5.41, 5.74) is 2.10. The summed E-state index contributed by atoms with van der Waals surface area (Å²) < 4.78 is 4.14. The molecule has 4 aromatic rings. The van der Waals surface area contributed by atoms with Crippen LogP contribution in [0, 0.1) is 0 Å². The van der Waals surface area contributed by atoms with Crippen molar-refractivity contribution in [3.05, 3.63) is 66.0 Å². The molecule has 0 aliphatic rings. The van der Waals surface area contributed by atoms with Crippen molar-refractivity contribution in [2.24, 2.45) is 0 Å². The fourth-order valence-corrected chi connectivity index (χ4v) is 5.76. The van der Waals surface area contributed by atoms with E-state index >= 15 is 0 Å². The predicted molar refractivity (Wildman–Crippen MR) is 133 cm³/mol. The number of urea groups is 1. The van der Waals surface area contributed by atoms with E-state index in [1.54, 1.807) is 30.0 Å². The molecular weight excluding hydrogens is 476 g/mol. The molecule has 8 nitrogen and oxygen atoms in total. The van der Waals surface area contributed by atoms with Gasteiger partial charge in [0.25, 0.3) is 0 Å². The first-order valence-corrected chi connectivity index (χ1v) is 13.1. The van der Waals surface area contributed by atoms with Gasteiger partial charge in [-0.15, -0.1) is 21.5 Å². The number of imide groups is 1. The number of amides is 3. The Balaban J connectivity index is 1.47. The summed E-state index contributed by atoms with van der Waals surface area (Å²) in [7, 11) is 0. The minimum atomic E-state index is -0.498. The second kappa shape index (κ2) is 11.3. The summed E-state index contributed by atoms with van der Waals surface area (Å²) in [6.07, 6.45) is 0. The summed E-state index contributed by atoms with van der Waals surface area (Å²) in [6.45, 7) is 2.83. The molecular formula is C22H22N6O2S3. The first-order chi connectivity index (χ1) is 16.1. The Morgan fingerprint density at radius 1 is 1.03 bits per heavy atom. The highest BCUT2D eigenvalue weighted by molar-refractivity contribution is 8.00. The van der Waals surface area contributed by atoms with Crippen LogP contribution in [-0.2, 0) is 17.1 Å². The number of rotatable bonds is 9. The van der Waals surface area contributed by atoms with Crippen molar-refractivity contribution in [2.75, 3.05) is 12.3 Å². The van der Waals surface area contributed by atoms with Crippen LogP contribution in [0.25, 0.3) is 10.2 Å². The highest BCUT2D eigenvalue weighted by Crippen LogP contribution is 2.31. The number of benzene rings is 2. The molecule has 0 bridgehead atoms. The number of para-hydroxylation sites is 1. The molecule has 0 fully saturated rings. The smallest absolute Gasteiger partial charge is 0.321 e. The molecule has 170 valence electrons. The van der Waals surface area contributed by atoms with Crippen molar-refractivity contribution in [1.29, 1.82) is 0 Å². The molecule has 0 radical (unpaired) electrons. The lowest BCUT2D eigenvalue weighted by molar-refractivity contribution is -0.117. The molecule has 2 aromatic carbocycles. The van der Waals surface area contributed by atoms with Crippen LogP contribution in [0.5, 0.6) is 0 Å². The van der Waals surface area contributed by atoms with Crippen molar-refractivity contribution in [1.82, 2.24) is 30.4 Å². The monoisotopic (exact) mass is 498 g/mol. The second-order valence-electron chi connectivity index (χ2n) is 6.90. The van der Waals surface area contributed by atoms with Gasteiger partial charge in [-0.05, 0) is 24.6 Å². The van der Waals surface area contributed by atoms with E-state index in [-0.39, 0.29) is 11.7 Å². The average molecular weight is 499 g/mol. The summed E-state index contributed by atoms with van der Waals surface area (Å²) >= 11 is 4.53. The number of nitrogens with one attached hydrogen (secondary N) is 2. The third-order valence-corrected chi connectivity index (χ3v) is 7.64. The standard InChI is InChI=1S/C22H22N6O2S3/c1-2-23-20(30)25-19(29)14-31-21-27-26-18(28(21)12-15-8-4-3-5-9-15)13-32-22-24-16-10-6-7-11-17(16)33-22/h3-11H,2,12-14H2,1H3,(H2,23,25,29,30). The third-order valence-electron chi connectivity index (χ3n) is 4.50. The molecule has 0 saturated heterocycles. The Morgan fingerprint density at radius 2 is 1.82 bits per heavy atom. The van der Waals surface area contributed by atoms with Gasteiger partial charge in [0, 0.05) is 6.54 Å². The minimum absolute atomic E-state index is 0.0646. The van der Waals surface area contributed by atoms with E-state index < -0.39 is 6.03 Å². The highest BCUT2D eigenvalue weighted by Gasteiger charge is 2.17. The number of thiazole rings is 1. The third kappa shape index (κ3) is 6.34. The van der Waals surface area contributed by atoms with Crippen LogP contribution >= 0.6 is 34.9 Å². The van der Waals surface area contributed by atoms with E-state index in [0.29, 0.717) is 24.0 Å². The van der Waals surface area contributed by atoms with Gasteiger partial charge in [0.05, 0.1) is 28.3 Å². The summed E-state index contributed by atoms with van der Waals surface area (Å²) in [5.74, 6) is 1.08. The molecule has 33 heavy (non-hydrogen) atoms. The van der Waals surface area contributed by atoms with Gasteiger partial charge in [0.1, 0.15) is 5.82 Å². The van der Waals surface area contributed by atoms with E-state index in [9.17, 15) is 9.59 Å². The van der Waals surface area contributed by atoms with Crippen LogP contribution in [0.15, 0.2) is 64.1 Å². The first-order valence-electron chi connectivity index (χ1n) is 10.3. The topological polar surface area (TPSA) is 102 Å². The lowest BCUT2D eigenvalue weighted by Gasteiger charge is -2.10. The highest BCUT2D eigenvalue weighted by atomic mass is 32.2. The number of fused-ring (bicyclic) bond motifs is 1. The normalized spacial score (nSPS) is 10.9. The molecule has 0 spiro atoms. The molecule has 0 aliphatic carbocycles. The Labute approximate surface area is 203 Å². The van der Waals surface area contributed by atoms with Crippen molar-refractivity contribution in [3.8, 4) is 0 Å². The number of nitrogens with zero attached hydrogens (tertiary/aromatic N) is 4. The number of hydrogen-bond donors (Lipinski definition) is 2. The van der Waals surface area contributed by atoms with Gasteiger partial charge in [0.15, 0.2) is 9.50 Å². The minimum Gasteiger partial charge on any atom is -0.338 e. The fraction of sp³-hybridized carbons (Fsp3) is 0.227. The second-order valence-corrected chi connectivity index (χ2v) is 10.1. The predicted octanol–water partition coefficient (Wildman–Crippen LogP) is 4.17. The van der Waals surface area contributed by atoms with E-state index in [1.807, 2.05) is 53.1 Å². The van der Waals surface area contributed by atoms with Crippen LogP contribution in [-0.4, -0.2) is 44.0 Å². The molecule has 4 rings (SSSR count). The SMILES string of the molecule is CCNC(=O)NC(=O)CSc1nnc(CSc2nc3ccccc3s2)n1Cc1ccccc1. The molecule has 2 N–H and O–H groups in total. The van der Waals surface area contributed by atoms with Gasteiger partial charge >= 0.3 is 6.03 Å². The largest absolute Gasteiger partial charge is 0.338 e. The Bertz CT molecular complexity index is 1210. The quantitative estimate of drug-likeness (QED) is 0.334. The maximum absolute atomic E-state index is 12.1. The molecule has 0 aliphatic heterocycles. The van der Waals surface area contributed by atoms with Crippen molar-refractivity contribution >= 4 is 57.0 Å². The molecule has 0 atom stereocenters. The Kier molecular flexibility index (Phi) is 7.97. The average Bonchev–Trinajstić information content (AvgIpc) is 3.40. The van der Waals surface area contributed by atoms with E-state index in [1.165, 1.54) is 11.8 Å². The van der Waals surface area contributed by atoms with Crippen molar-refractivity contribution in [3.63, 3.8) is 0 Å². The van der Waals surface area contributed by atoms with E-state index in [2.05, 4.69) is 31.9 Å². The van der Waals surface area contributed by atoms with Gasteiger partial charge < -0.3 is 9.88 Å². The van der Waals surface area contributed by atoms with Gasteiger partial charge in [0.2, 0.25) is 5.91 Å². The van der Waals surface area contributed by atoms with Crippen LogP contribution in [0.3, 0.4) is 0 Å². The maximum atomic E-state index is 12.1. The van der Waals surface area contributed by atoms with E-state index in [0.717, 1.165) is 25.9 Å². The number of thioether (sulfide) groups is 2. The van der Waals surface area contributed by atoms with Crippen molar-refractivity contribution in [2.45, 2.75) is 28.7 Å². The zero-order valence-corrected chi connectivity index (χ0v) is 20.3. The molecule has 2 aromatic heterocycles. The maximum Gasteiger partial charge on any atom is 0.321 e. The zero-order chi connectivity index (χ0) is 23.0.